The smallest absolute Gasteiger partial charge is 0.189 e. The first-order valence-electron chi connectivity index (χ1n) is 5.20. The van der Waals surface area contributed by atoms with Gasteiger partial charge in [-0.1, -0.05) is 29.3 Å². The van der Waals surface area contributed by atoms with Crippen LogP contribution in [0.15, 0.2) is 24.3 Å². The van der Waals surface area contributed by atoms with Gasteiger partial charge in [-0.25, -0.2) is 0 Å². The Morgan fingerprint density at radius 1 is 1.17 bits per heavy atom. The highest BCUT2D eigenvalue weighted by Gasteiger charge is 2.16. The third-order valence-electron chi connectivity index (χ3n) is 2.41. The number of carbonyl (C=O) groups is 1. The molecule has 1 saturated carbocycles. The normalized spacial score (nSPS) is 16.6. The molecule has 0 spiro atoms. The minimum Gasteiger partial charge on any atom is -0.506 e. The van der Waals surface area contributed by atoms with Crippen LogP contribution in [0, 0.1) is 31.6 Å². The standard InChI is InChI=1S/C14H9Cl2O2/c15-10-7-11(14(18)12(16)8-10)13(17)6-5-9-3-1-2-4-9/h1-8,18H/b6-5+. The first-order chi connectivity index (χ1) is 8.58. The Bertz CT molecular complexity index is 489. The summed E-state index contributed by atoms with van der Waals surface area (Å²) in [5, 5.41) is 10.1. The molecule has 5 radical (unpaired) electrons. The fourth-order valence-electron chi connectivity index (χ4n) is 1.52. The van der Waals surface area contributed by atoms with Crippen LogP contribution in [0.2, 0.25) is 10.0 Å². The van der Waals surface area contributed by atoms with Gasteiger partial charge in [0.25, 0.3) is 0 Å². The predicted molar refractivity (Wildman–Crippen MR) is 72.0 cm³/mol. The van der Waals surface area contributed by atoms with E-state index in [1.165, 1.54) is 18.2 Å². The molecule has 0 unspecified atom stereocenters. The maximum atomic E-state index is 11.9. The molecule has 1 aliphatic carbocycles. The van der Waals surface area contributed by atoms with E-state index in [1.807, 2.05) is 25.7 Å². The second-order valence-corrected chi connectivity index (χ2v) is 4.54. The molecular formula is C14H9Cl2O2. The quantitative estimate of drug-likeness (QED) is 0.674. The van der Waals surface area contributed by atoms with Crippen LogP contribution < -0.4 is 0 Å². The largest absolute Gasteiger partial charge is 0.506 e. The Balaban J connectivity index is 2.18. The molecule has 0 heterocycles. The van der Waals surface area contributed by atoms with Gasteiger partial charge in [-0.05, 0) is 43.9 Å². The summed E-state index contributed by atoms with van der Waals surface area (Å²) in [5.41, 5.74) is 0.0929. The molecule has 91 valence electrons. The van der Waals surface area contributed by atoms with Crippen molar-refractivity contribution < 1.29 is 9.90 Å². The predicted octanol–water partition coefficient (Wildman–Crippen LogP) is 3.84. The van der Waals surface area contributed by atoms with E-state index in [1.54, 1.807) is 6.08 Å². The van der Waals surface area contributed by atoms with Crippen molar-refractivity contribution in [1.82, 2.24) is 0 Å². The molecule has 1 N–H and O–H groups in total. The Labute approximate surface area is 116 Å². The molecule has 1 aliphatic rings. The SMILES string of the molecule is O=C(/C=C/[C]1[CH][CH][CH][CH]1)c1cc(Cl)cc(Cl)c1O. The van der Waals surface area contributed by atoms with E-state index in [2.05, 4.69) is 0 Å². The van der Waals surface area contributed by atoms with Crippen LogP contribution in [0.1, 0.15) is 10.4 Å². The second-order valence-electron chi connectivity index (χ2n) is 3.70. The molecule has 0 aromatic heterocycles. The van der Waals surface area contributed by atoms with Gasteiger partial charge in [-0.15, -0.1) is 0 Å². The Kier molecular flexibility index (Phi) is 4.31. The van der Waals surface area contributed by atoms with Crippen molar-refractivity contribution in [3.05, 3.63) is 71.5 Å². The van der Waals surface area contributed by atoms with Gasteiger partial charge in [0.2, 0.25) is 0 Å². The molecule has 18 heavy (non-hydrogen) atoms. The number of hydrogen-bond acceptors (Lipinski definition) is 2. The molecule has 1 aromatic carbocycles. The first-order valence-corrected chi connectivity index (χ1v) is 5.95. The molecule has 0 bridgehead atoms. The van der Waals surface area contributed by atoms with E-state index in [9.17, 15) is 9.90 Å². The van der Waals surface area contributed by atoms with Gasteiger partial charge in [0, 0.05) is 10.9 Å². The minimum atomic E-state index is -0.349. The van der Waals surface area contributed by atoms with Crippen LogP contribution in [-0.2, 0) is 0 Å². The van der Waals surface area contributed by atoms with E-state index >= 15 is 0 Å². The second kappa shape index (κ2) is 5.77. The van der Waals surface area contributed by atoms with Crippen LogP contribution in [0.3, 0.4) is 0 Å². The summed E-state index contributed by atoms with van der Waals surface area (Å²) in [6.07, 6.45) is 10.5. The number of allylic oxidation sites excluding steroid dienone is 2. The molecule has 2 nitrogen and oxygen atoms in total. The maximum Gasteiger partial charge on any atom is 0.189 e. The van der Waals surface area contributed by atoms with Crippen molar-refractivity contribution in [2.45, 2.75) is 0 Å². The number of carbonyl (C=O) groups excluding carboxylic acids is 1. The molecule has 0 atom stereocenters. The lowest BCUT2D eigenvalue weighted by Crippen LogP contribution is -1.97. The molecule has 1 aromatic rings. The van der Waals surface area contributed by atoms with Gasteiger partial charge >= 0.3 is 0 Å². The van der Waals surface area contributed by atoms with E-state index in [0.717, 1.165) is 5.92 Å². The average Bonchev–Trinajstić information content (AvgIpc) is 2.83. The van der Waals surface area contributed by atoms with Gasteiger partial charge in [-0.3, -0.25) is 4.79 Å². The summed E-state index contributed by atoms with van der Waals surface area (Å²) >= 11 is 11.5. The minimum absolute atomic E-state index is 0.0626. The van der Waals surface area contributed by atoms with Gasteiger partial charge in [0.1, 0.15) is 5.75 Å². The number of halogens is 2. The van der Waals surface area contributed by atoms with Crippen molar-refractivity contribution in [2.75, 3.05) is 0 Å². The van der Waals surface area contributed by atoms with Gasteiger partial charge in [0.15, 0.2) is 5.78 Å². The zero-order chi connectivity index (χ0) is 13.1. The summed E-state index contributed by atoms with van der Waals surface area (Å²) in [7, 11) is 0. The monoisotopic (exact) mass is 279 g/mol. The van der Waals surface area contributed by atoms with Gasteiger partial charge in [0.05, 0.1) is 10.6 Å². The molecule has 0 saturated heterocycles. The highest BCUT2D eigenvalue weighted by Crippen LogP contribution is 2.32. The average molecular weight is 280 g/mol. The summed E-state index contributed by atoms with van der Waals surface area (Å²) < 4.78 is 0. The van der Waals surface area contributed by atoms with Crippen molar-refractivity contribution in [2.24, 2.45) is 0 Å². The Hall–Kier alpha value is -0.990. The number of rotatable bonds is 3. The zero-order valence-corrected chi connectivity index (χ0v) is 10.7. The van der Waals surface area contributed by atoms with Crippen molar-refractivity contribution in [3.8, 4) is 5.75 Å². The summed E-state index contributed by atoms with van der Waals surface area (Å²) in [6, 6.07) is 2.77. The molecule has 4 heteroatoms. The fourth-order valence-corrected chi connectivity index (χ4v) is 2.01. The van der Waals surface area contributed by atoms with E-state index in [4.69, 9.17) is 23.2 Å². The summed E-state index contributed by atoms with van der Waals surface area (Å²) in [5.74, 6) is 0.312. The number of ketones is 1. The number of aromatic hydroxyl groups is 1. The van der Waals surface area contributed by atoms with Crippen LogP contribution >= 0.6 is 23.2 Å². The van der Waals surface area contributed by atoms with Crippen molar-refractivity contribution in [1.29, 1.82) is 0 Å². The highest BCUT2D eigenvalue weighted by molar-refractivity contribution is 6.36. The van der Waals surface area contributed by atoms with Gasteiger partial charge in [-0.2, -0.15) is 0 Å². The Morgan fingerprint density at radius 2 is 1.83 bits per heavy atom. The summed E-state index contributed by atoms with van der Waals surface area (Å²) in [6.45, 7) is 0. The maximum absolute atomic E-state index is 11.9. The lowest BCUT2D eigenvalue weighted by Gasteiger charge is -2.04. The van der Waals surface area contributed by atoms with E-state index in [0.29, 0.717) is 5.02 Å². The highest BCUT2D eigenvalue weighted by atomic mass is 35.5. The van der Waals surface area contributed by atoms with E-state index < -0.39 is 0 Å². The van der Waals surface area contributed by atoms with Crippen LogP contribution in [-0.4, -0.2) is 10.9 Å². The third kappa shape index (κ3) is 3.06. The van der Waals surface area contributed by atoms with Crippen molar-refractivity contribution >= 4 is 29.0 Å². The van der Waals surface area contributed by atoms with Crippen molar-refractivity contribution in [3.63, 3.8) is 0 Å². The molecular weight excluding hydrogens is 271 g/mol. The molecule has 0 aliphatic heterocycles. The first kappa shape index (κ1) is 13.4. The van der Waals surface area contributed by atoms with Crippen LogP contribution in [0.25, 0.3) is 0 Å². The van der Waals surface area contributed by atoms with E-state index in [-0.39, 0.29) is 22.1 Å². The Morgan fingerprint density at radius 3 is 2.50 bits per heavy atom. The number of phenolic OH excluding ortho intramolecular Hbond substituents is 1. The molecule has 2 rings (SSSR count). The number of phenols is 1. The van der Waals surface area contributed by atoms with Gasteiger partial charge < -0.3 is 5.11 Å². The number of benzene rings is 1. The lowest BCUT2D eigenvalue weighted by atomic mass is 10.0. The van der Waals surface area contributed by atoms with Crippen LogP contribution in [0.5, 0.6) is 5.75 Å². The molecule has 1 fully saturated rings. The lowest BCUT2D eigenvalue weighted by molar-refractivity contribution is 0.104. The third-order valence-corrected chi connectivity index (χ3v) is 2.92. The zero-order valence-electron chi connectivity index (χ0n) is 9.23. The van der Waals surface area contributed by atoms with Crippen LogP contribution in [0.4, 0.5) is 0 Å². The molecule has 0 amide bonds. The fraction of sp³-hybridized carbons (Fsp3) is 0. The number of hydrogen-bond donors (Lipinski definition) is 1. The summed E-state index contributed by atoms with van der Waals surface area (Å²) in [4.78, 5) is 11.9. The topological polar surface area (TPSA) is 37.3 Å².